The molecule has 0 spiro atoms. The highest BCUT2D eigenvalue weighted by Crippen LogP contribution is 2.42. The maximum Gasteiger partial charge on any atom is 0.411 e. The molecular weight excluding hydrogens is 444 g/mol. The van der Waals surface area contributed by atoms with E-state index in [9.17, 15) is 4.79 Å². The molecule has 34 heavy (non-hydrogen) atoms. The first-order chi connectivity index (χ1) is 16.5. The molecule has 0 radical (unpaired) electrons. The summed E-state index contributed by atoms with van der Waals surface area (Å²) in [7, 11) is 0. The van der Waals surface area contributed by atoms with Gasteiger partial charge >= 0.3 is 6.09 Å². The number of fused-ring (bicyclic) bond motifs is 3. The van der Waals surface area contributed by atoms with E-state index >= 15 is 0 Å². The average molecular weight is 477 g/mol. The van der Waals surface area contributed by atoms with Gasteiger partial charge in [0.1, 0.15) is 12.4 Å². The van der Waals surface area contributed by atoms with Gasteiger partial charge in [-0.05, 0) is 73.4 Å². The first-order valence-electron chi connectivity index (χ1n) is 12.1. The number of hydrogen-bond donors (Lipinski definition) is 1. The summed E-state index contributed by atoms with van der Waals surface area (Å²) in [5.74, 6) is 2.25. The summed E-state index contributed by atoms with van der Waals surface area (Å²) >= 11 is 1.71. The molecule has 1 N–H and O–H groups in total. The van der Waals surface area contributed by atoms with Crippen LogP contribution in [0.25, 0.3) is 10.6 Å². The van der Waals surface area contributed by atoms with Crippen molar-refractivity contribution in [3.63, 3.8) is 0 Å². The minimum absolute atomic E-state index is 0.267. The van der Waals surface area contributed by atoms with E-state index in [1.807, 2.05) is 31.2 Å². The summed E-state index contributed by atoms with van der Waals surface area (Å²) in [6.45, 7) is 8.72. The molecule has 3 saturated heterocycles. The van der Waals surface area contributed by atoms with Crippen LogP contribution in [0.1, 0.15) is 55.6 Å². The number of carbonyl (C=O) groups is 1. The van der Waals surface area contributed by atoms with Gasteiger partial charge in [-0.25, -0.2) is 14.8 Å². The lowest BCUT2D eigenvalue weighted by atomic mass is 9.74. The van der Waals surface area contributed by atoms with Crippen LogP contribution in [0, 0.1) is 12.8 Å². The molecule has 6 rings (SSSR count). The largest absolute Gasteiger partial charge is 0.448 e. The van der Waals surface area contributed by atoms with Crippen molar-refractivity contribution < 1.29 is 9.53 Å². The van der Waals surface area contributed by atoms with Crippen LogP contribution >= 0.6 is 11.3 Å². The number of aromatic nitrogens is 2. The zero-order valence-corrected chi connectivity index (χ0v) is 20.8. The Bertz CT molecular complexity index is 1130. The number of rotatable bonds is 6. The van der Waals surface area contributed by atoms with Crippen molar-refractivity contribution in [1.29, 1.82) is 0 Å². The Labute approximate surface area is 205 Å². The first-order valence-corrected chi connectivity index (χ1v) is 13.0. The van der Waals surface area contributed by atoms with E-state index in [4.69, 9.17) is 9.72 Å². The molecule has 3 aliphatic rings. The van der Waals surface area contributed by atoms with Gasteiger partial charge in [0.25, 0.3) is 0 Å². The van der Waals surface area contributed by atoms with Crippen LogP contribution < -0.4 is 5.32 Å². The molecule has 7 heteroatoms. The van der Waals surface area contributed by atoms with Crippen molar-refractivity contribution in [3.05, 3.63) is 64.9 Å². The zero-order chi connectivity index (χ0) is 23.7. The van der Waals surface area contributed by atoms with Gasteiger partial charge in [-0.3, -0.25) is 10.2 Å². The summed E-state index contributed by atoms with van der Waals surface area (Å²) in [4.78, 5) is 25.5. The Hall–Kier alpha value is -2.77. The fraction of sp³-hybridized carbons (Fsp3) is 0.444. The molecule has 178 valence electrons. The van der Waals surface area contributed by atoms with Gasteiger partial charge < -0.3 is 4.74 Å². The van der Waals surface area contributed by atoms with Crippen LogP contribution in [0.2, 0.25) is 0 Å². The predicted octanol–water partition coefficient (Wildman–Crippen LogP) is 6.06. The number of nitrogens with one attached hydrogen (secondary N) is 1. The number of ether oxygens (including phenoxy) is 1. The number of benzene rings is 1. The van der Waals surface area contributed by atoms with Gasteiger partial charge in [0.15, 0.2) is 0 Å². The standard InChI is InChI=1S/C27H32N4O2S/c1-17(2)19-6-8-21(9-7-19)30-27(32)33-16-22-13-20-10-11-31(22)15-23(20)24-14-25(29-18(3)28-24)26-5-4-12-34-26/h4-9,12,14,17,20,22-23H,10-11,13,15-16H2,1-3H3,(H,30,32). The number of nitrogens with zero attached hydrogens (tertiary/aromatic N) is 3. The van der Waals surface area contributed by atoms with E-state index in [2.05, 4.69) is 52.6 Å². The number of anilines is 1. The van der Waals surface area contributed by atoms with Crippen LogP contribution in [0.5, 0.6) is 0 Å². The molecule has 3 aromatic rings. The molecule has 3 aliphatic heterocycles. The van der Waals surface area contributed by atoms with Crippen LogP contribution in [-0.2, 0) is 4.74 Å². The molecule has 2 aromatic heterocycles. The Balaban J connectivity index is 1.19. The lowest BCUT2D eigenvalue weighted by Gasteiger charge is -2.49. The highest BCUT2D eigenvalue weighted by molar-refractivity contribution is 7.13. The number of piperidine rings is 3. The third-order valence-electron chi connectivity index (χ3n) is 7.12. The number of aryl methyl sites for hydroxylation is 1. The van der Waals surface area contributed by atoms with Crippen molar-refractivity contribution in [2.45, 2.75) is 51.5 Å². The average Bonchev–Trinajstić information content (AvgIpc) is 3.38. The van der Waals surface area contributed by atoms with E-state index in [-0.39, 0.29) is 12.1 Å². The Kier molecular flexibility index (Phi) is 6.66. The molecule has 0 saturated carbocycles. The van der Waals surface area contributed by atoms with E-state index < -0.39 is 0 Å². The van der Waals surface area contributed by atoms with Crippen molar-refractivity contribution >= 4 is 23.1 Å². The second-order valence-electron chi connectivity index (χ2n) is 9.74. The van der Waals surface area contributed by atoms with E-state index in [0.29, 0.717) is 24.4 Å². The van der Waals surface area contributed by atoms with Crippen molar-refractivity contribution in [2.24, 2.45) is 5.92 Å². The summed E-state index contributed by atoms with van der Waals surface area (Å²) < 4.78 is 5.63. The van der Waals surface area contributed by atoms with Gasteiger partial charge in [-0.1, -0.05) is 32.0 Å². The Morgan fingerprint density at radius 1 is 1.24 bits per heavy atom. The van der Waals surface area contributed by atoms with Crippen LogP contribution in [0.4, 0.5) is 10.5 Å². The molecule has 4 unspecified atom stereocenters. The maximum atomic E-state index is 12.4. The van der Waals surface area contributed by atoms with Crippen molar-refractivity contribution in [1.82, 2.24) is 14.9 Å². The molecule has 1 amide bonds. The summed E-state index contributed by atoms with van der Waals surface area (Å²) in [6.07, 6.45) is 1.80. The fourth-order valence-corrected chi connectivity index (χ4v) is 5.94. The Morgan fingerprint density at radius 2 is 2.06 bits per heavy atom. The second kappa shape index (κ2) is 9.84. The highest BCUT2D eigenvalue weighted by atomic mass is 32.1. The van der Waals surface area contributed by atoms with Crippen LogP contribution in [-0.4, -0.2) is 46.7 Å². The van der Waals surface area contributed by atoms with E-state index in [1.165, 1.54) is 10.4 Å². The molecule has 2 bridgehead atoms. The molecule has 6 nitrogen and oxygen atoms in total. The normalized spacial score (nSPS) is 23.8. The van der Waals surface area contributed by atoms with E-state index in [0.717, 1.165) is 48.8 Å². The SMILES string of the molecule is Cc1nc(-c2cccs2)cc(C2CN3CCC2CC3COC(=O)Nc2ccc(C(C)C)cc2)n1. The van der Waals surface area contributed by atoms with Gasteiger partial charge in [-0.2, -0.15) is 0 Å². The molecular formula is C27H32N4O2S. The second-order valence-corrected chi connectivity index (χ2v) is 10.7. The van der Waals surface area contributed by atoms with Crippen LogP contribution in [0.3, 0.4) is 0 Å². The summed E-state index contributed by atoms with van der Waals surface area (Å²) in [5, 5.41) is 4.94. The quantitative estimate of drug-likeness (QED) is 0.468. The van der Waals surface area contributed by atoms with Crippen molar-refractivity contribution in [3.8, 4) is 10.6 Å². The number of thiophene rings is 1. The number of carbonyl (C=O) groups excluding carboxylic acids is 1. The predicted molar refractivity (Wildman–Crippen MR) is 136 cm³/mol. The lowest BCUT2D eigenvalue weighted by molar-refractivity contribution is -0.00151. The molecule has 0 aliphatic carbocycles. The molecule has 3 fully saturated rings. The van der Waals surface area contributed by atoms with Crippen molar-refractivity contribution in [2.75, 3.05) is 25.0 Å². The third kappa shape index (κ3) is 5.00. The Morgan fingerprint density at radius 3 is 2.74 bits per heavy atom. The maximum absolute atomic E-state index is 12.4. The molecule has 4 atom stereocenters. The minimum Gasteiger partial charge on any atom is -0.448 e. The summed E-state index contributed by atoms with van der Waals surface area (Å²) in [6, 6.07) is 14.6. The first kappa shape index (κ1) is 23.0. The monoisotopic (exact) mass is 476 g/mol. The van der Waals surface area contributed by atoms with Gasteiger partial charge in [0, 0.05) is 29.9 Å². The lowest BCUT2D eigenvalue weighted by Crippen LogP contribution is -2.54. The van der Waals surface area contributed by atoms with E-state index in [1.54, 1.807) is 11.3 Å². The number of amides is 1. The third-order valence-corrected chi connectivity index (χ3v) is 8.01. The van der Waals surface area contributed by atoms with Gasteiger partial charge in [-0.15, -0.1) is 11.3 Å². The topological polar surface area (TPSA) is 67.4 Å². The minimum atomic E-state index is -0.386. The smallest absolute Gasteiger partial charge is 0.411 e. The molecule has 1 aromatic carbocycles. The fourth-order valence-electron chi connectivity index (χ4n) is 5.26. The number of hydrogen-bond acceptors (Lipinski definition) is 6. The highest BCUT2D eigenvalue weighted by Gasteiger charge is 2.42. The zero-order valence-electron chi connectivity index (χ0n) is 20.0. The van der Waals surface area contributed by atoms with Crippen LogP contribution in [0.15, 0.2) is 47.8 Å². The molecule has 5 heterocycles. The van der Waals surface area contributed by atoms with Gasteiger partial charge in [0.2, 0.25) is 0 Å². The van der Waals surface area contributed by atoms with Gasteiger partial charge in [0.05, 0.1) is 10.6 Å². The summed E-state index contributed by atoms with van der Waals surface area (Å²) in [5.41, 5.74) is 4.18.